The molecule has 3 amide bonds. The van der Waals surface area contributed by atoms with Crippen molar-refractivity contribution in [3.05, 3.63) is 59.7 Å². The summed E-state index contributed by atoms with van der Waals surface area (Å²) in [4.78, 5) is 41.5. The summed E-state index contributed by atoms with van der Waals surface area (Å²) < 4.78 is 0. The molecule has 3 rings (SSSR count). The van der Waals surface area contributed by atoms with Crippen LogP contribution in [0.25, 0.3) is 0 Å². The van der Waals surface area contributed by atoms with Crippen molar-refractivity contribution < 1.29 is 14.4 Å². The number of fused-ring (bicyclic) bond motifs is 1. The first-order valence-corrected chi connectivity index (χ1v) is 8.86. The van der Waals surface area contributed by atoms with Crippen LogP contribution < -0.4 is 10.2 Å². The van der Waals surface area contributed by atoms with Gasteiger partial charge in [-0.2, -0.15) is 0 Å². The molecule has 1 unspecified atom stereocenters. The Balaban J connectivity index is 1.85. The van der Waals surface area contributed by atoms with Gasteiger partial charge in [-0.05, 0) is 42.3 Å². The number of nitrogens with one attached hydrogen (secondary N) is 1. The van der Waals surface area contributed by atoms with E-state index in [1.807, 2.05) is 45.0 Å². The summed E-state index contributed by atoms with van der Waals surface area (Å²) in [6.07, 6.45) is 0. The third-order valence-electron chi connectivity index (χ3n) is 4.65. The number of anilines is 2. The first-order valence-electron chi connectivity index (χ1n) is 8.86. The van der Waals surface area contributed by atoms with E-state index < -0.39 is 17.9 Å². The lowest BCUT2D eigenvalue weighted by atomic mass is 10.0. The summed E-state index contributed by atoms with van der Waals surface area (Å²) in [6, 6.07) is 13.2. The molecule has 0 saturated carbocycles. The molecule has 2 aromatic rings. The van der Waals surface area contributed by atoms with Crippen molar-refractivity contribution >= 4 is 29.1 Å². The fourth-order valence-corrected chi connectivity index (χ4v) is 3.24. The van der Waals surface area contributed by atoms with Gasteiger partial charge in [-0.1, -0.05) is 26.0 Å². The number of hydrogen-bond donors (Lipinski definition) is 1. The molecular formula is C21H23N3O3. The summed E-state index contributed by atoms with van der Waals surface area (Å²) in [5.41, 5.74) is 2.31. The molecule has 6 nitrogen and oxygen atoms in total. The van der Waals surface area contributed by atoms with Crippen molar-refractivity contribution in [2.45, 2.75) is 19.9 Å². The zero-order valence-corrected chi connectivity index (χ0v) is 15.9. The van der Waals surface area contributed by atoms with E-state index in [9.17, 15) is 14.4 Å². The predicted molar refractivity (Wildman–Crippen MR) is 105 cm³/mol. The summed E-state index contributed by atoms with van der Waals surface area (Å²) >= 11 is 0. The van der Waals surface area contributed by atoms with Crippen LogP contribution in [0, 0.1) is 5.92 Å². The van der Waals surface area contributed by atoms with Crippen molar-refractivity contribution in [2.75, 3.05) is 24.3 Å². The summed E-state index contributed by atoms with van der Waals surface area (Å²) in [6.45, 7) is 3.64. The van der Waals surface area contributed by atoms with Gasteiger partial charge in [0.05, 0.1) is 11.1 Å². The second kappa shape index (κ2) is 7.23. The minimum atomic E-state index is -0.883. The molecule has 1 aliphatic heterocycles. The van der Waals surface area contributed by atoms with Crippen LogP contribution in [0.15, 0.2) is 48.5 Å². The number of carbonyl (C=O) groups excluding carboxylic acids is 3. The van der Waals surface area contributed by atoms with Crippen molar-refractivity contribution in [1.82, 2.24) is 4.90 Å². The van der Waals surface area contributed by atoms with Gasteiger partial charge in [0.2, 0.25) is 5.91 Å². The molecule has 1 atom stereocenters. The van der Waals surface area contributed by atoms with Gasteiger partial charge < -0.3 is 10.2 Å². The Morgan fingerprint density at radius 1 is 0.926 bits per heavy atom. The van der Waals surface area contributed by atoms with Crippen LogP contribution in [0.4, 0.5) is 11.4 Å². The van der Waals surface area contributed by atoms with Crippen LogP contribution in [0.5, 0.6) is 0 Å². The van der Waals surface area contributed by atoms with E-state index in [0.29, 0.717) is 16.8 Å². The molecule has 1 heterocycles. The molecule has 140 valence electrons. The maximum atomic E-state index is 12.9. The van der Waals surface area contributed by atoms with Gasteiger partial charge in [-0.15, -0.1) is 0 Å². The van der Waals surface area contributed by atoms with Gasteiger partial charge in [0.25, 0.3) is 11.8 Å². The van der Waals surface area contributed by atoms with Crippen LogP contribution in [0.3, 0.4) is 0 Å². The molecule has 0 radical (unpaired) electrons. The van der Waals surface area contributed by atoms with Crippen LogP contribution in [0.2, 0.25) is 0 Å². The first kappa shape index (κ1) is 18.6. The number of benzene rings is 2. The Morgan fingerprint density at radius 3 is 1.89 bits per heavy atom. The molecule has 0 spiro atoms. The molecule has 27 heavy (non-hydrogen) atoms. The minimum absolute atomic E-state index is 0.228. The standard InChI is InChI=1S/C21H23N3O3/c1-13(2)18(19(25)22-14-9-11-15(12-10-14)23(3)4)24-20(26)16-7-5-6-8-17(16)21(24)27/h5-13,18H,1-4H3,(H,22,25). The SMILES string of the molecule is CC(C)C(C(=O)Nc1ccc(N(C)C)cc1)N1C(=O)c2ccccc2C1=O. The van der Waals surface area contributed by atoms with Crippen molar-refractivity contribution in [1.29, 1.82) is 0 Å². The van der Waals surface area contributed by atoms with Gasteiger partial charge in [0.15, 0.2) is 0 Å². The molecule has 1 aliphatic rings. The second-order valence-electron chi connectivity index (χ2n) is 7.15. The highest BCUT2D eigenvalue weighted by Gasteiger charge is 2.43. The van der Waals surface area contributed by atoms with E-state index in [1.165, 1.54) is 0 Å². The summed E-state index contributed by atoms with van der Waals surface area (Å²) in [7, 11) is 3.87. The van der Waals surface area contributed by atoms with Crippen molar-refractivity contribution in [2.24, 2.45) is 5.92 Å². The molecule has 0 fully saturated rings. The lowest BCUT2D eigenvalue weighted by molar-refractivity contribution is -0.121. The molecule has 0 bridgehead atoms. The Hall–Kier alpha value is -3.15. The zero-order valence-electron chi connectivity index (χ0n) is 15.9. The van der Waals surface area contributed by atoms with Crippen LogP contribution in [-0.4, -0.2) is 42.8 Å². The Bertz CT molecular complexity index is 853. The Kier molecular flexibility index (Phi) is 4.99. The number of hydrogen-bond acceptors (Lipinski definition) is 4. The van der Waals surface area contributed by atoms with Crippen molar-refractivity contribution in [3.63, 3.8) is 0 Å². The lowest BCUT2D eigenvalue weighted by Crippen LogP contribution is -2.50. The van der Waals surface area contributed by atoms with Gasteiger partial charge in [-0.3, -0.25) is 19.3 Å². The van der Waals surface area contributed by atoms with Crippen molar-refractivity contribution in [3.8, 4) is 0 Å². The highest BCUT2D eigenvalue weighted by atomic mass is 16.2. The first-order chi connectivity index (χ1) is 12.8. The maximum Gasteiger partial charge on any atom is 0.262 e. The number of imide groups is 1. The molecule has 0 aromatic heterocycles. The molecule has 1 N–H and O–H groups in total. The van der Waals surface area contributed by atoms with Gasteiger partial charge >= 0.3 is 0 Å². The van der Waals surface area contributed by atoms with E-state index in [0.717, 1.165) is 10.6 Å². The summed E-state index contributed by atoms with van der Waals surface area (Å²) in [5, 5.41) is 2.83. The highest BCUT2D eigenvalue weighted by molar-refractivity contribution is 6.23. The Morgan fingerprint density at radius 2 is 1.44 bits per heavy atom. The molecule has 6 heteroatoms. The molecular weight excluding hydrogens is 342 g/mol. The zero-order chi connectivity index (χ0) is 19.7. The molecule has 0 aliphatic carbocycles. The van der Waals surface area contributed by atoms with E-state index in [2.05, 4.69) is 5.32 Å². The van der Waals surface area contributed by atoms with Gasteiger partial charge in [0, 0.05) is 25.5 Å². The fraction of sp³-hybridized carbons (Fsp3) is 0.286. The van der Waals surface area contributed by atoms with Crippen LogP contribution >= 0.6 is 0 Å². The maximum absolute atomic E-state index is 12.9. The monoisotopic (exact) mass is 365 g/mol. The highest BCUT2D eigenvalue weighted by Crippen LogP contribution is 2.28. The number of carbonyl (C=O) groups is 3. The molecule has 0 saturated heterocycles. The van der Waals surface area contributed by atoms with E-state index in [1.54, 1.807) is 36.4 Å². The average molecular weight is 365 g/mol. The lowest BCUT2D eigenvalue weighted by Gasteiger charge is -2.28. The largest absolute Gasteiger partial charge is 0.378 e. The smallest absolute Gasteiger partial charge is 0.262 e. The van der Waals surface area contributed by atoms with Crippen LogP contribution in [-0.2, 0) is 4.79 Å². The topological polar surface area (TPSA) is 69.7 Å². The Labute approximate surface area is 158 Å². The molecule has 2 aromatic carbocycles. The van der Waals surface area contributed by atoms with Crippen LogP contribution in [0.1, 0.15) is 34.6 Å². The van der Waals surface area contributed by atoms with Gasteiger partial charge in [0.1, 0.15) is 6.04 Å². The van der Waals surface area contributed by atoms with E-state index in [-0.39, 0.29) is 11.8 Å². The quantitative estimate of drug-likeness (QED) is 0.827. The van der Waals surface area contributed by atoms with Gasteiger partial charge in [-0.25, -0.2) is 0 Å². The van der Waals surface area contributed by atoms with E-state index >= 15 is 0 Å². The third-order valence-corrected chi connectivity index (χ3v) is 4.65. The number of rotatable bonds is 5. The van der Waals surface area contributed by atoms with E-state index in [4.69, 9.17) is 0 Å². The number of nitrogens with zero attached hydrogens (tertiary/aromatic N) is 2. The average Bonchev–Trinajstić information content (AvgIpc) is 2.88. The predicted octanol–water partition coefficient (Wildman–Crippen LogP) is 3.01. The third kappa shape index (κ3) is 3.43. The number of amides is 3. The normalized spacial score (nSPS) is 14.3. The second-order valence-corrected chi connectivity index (χ2v) is 7.15. The minimum Gasteiger partial charge on any atom is -0.378 e. The summed E-state index contributed by atoms with van der Waals surface area (Å²) in [5.74, 6) is -1.45. The fourth-order valence-electron chi connectivity index (χ4n) is 3.24.